The van der Waals surface area contributed by atoms with Gasteiger partial charge in [0, 0.05) is 30.6 Å². The molecule has 3 nitrogen and oxygen atoms in total. The lowest BCUT2D eigenvalue weighted by atomic mass is 10.0. The van der Waals surface area contributed by atoms with Crippen LogP contribution in [0.25, 0.3) is 0 Å². The van der Waals surface area contributed by atoms with E-state index in [0.717, 1.165) is 5.56 Å². The summed E-state index contributed by atoms with van der Waals surface area (Å²) >= 11 is 5.99. The summed E-state index contributed by atoms with van der Waals surface area (Å²) in [6.45, 7) is 1.82. The Hall–Kier alpha value is -1.13. The summed E-state index contributed by atoms with van der Waals surface area (Å²) in [5, 5.41) is 3.47. The molecule has 0 spiro atoms. The lowest BCUT2D eigenvalue weighted by Gasteiger charge is -2.37. The van der Waals surface area contributed by atoms with Crippen LogP contribution in [0.1, 0.15) is 5.56 Å². The zero-order valence-electron chi connectivity index (χ0n) is 10.0. The Bertz CT molecular complexity index is 421. The molecule has 98 valence electrons. The van der Waals surface area contributed by atoms with E-state index in [-0.39, 0.29) is 18.5 Å². The third kappa shape index (κ3) is 3.43. The van der Waals surface area contributed by atoms with Crippen LogP contribution in [0.4, 0.5) is 4.39 Å². The van der Waals surface area contributed by atoms with Crippen LogP contribution in [-0.2, 0) is 11.3 Å². The van der Waals surface area contributed by atoms with E-state index in [9.17, 15) is 9.18 Å². The van der Waals surface area contributed by atoms with Gasteiger partial charge >= 0.3 is 0 Å². The summed E-state index contributed by atoms with van der Waals surface area (Å²) in [7, 11) is 0. The maximum absolute atomic E-state index is 12.2. The predicted octanol–water partition coefficient (Wildman–Crippen LogP) is 1.86. The number of alkyl halides is 1. The first-order valence-electron chi connectivity index (χ1n) is 5.97. The molecule has 1 aliphatic rings. The van der Waals surface area contributed by atoms with Gasteiger partial charge in [-0.2, -0.15) is 0 Å². The van der Waals surface area contributed by atoms with E-state index in [2.05, 4.69) is 5.32 Å². The van der Waals surface area contributed by atoms with Crippen molar-refractivity contribution in [2.75, 3.05) is 26.3 Å². The quantitative estimate of drug-likeness (QED) is 0.886. The lowest BCUT2D eigenvalue weighted by Crippen LogP contribution is -2.51. The summed E-state index contributed by atoms with van der Waals surface area (Å²) < 4.78 is 12.2. The summed E-state index contributed by atoms with van der Waals surface area (Å²) in [5.74, 6) is 0.0635. The molecule has 1 fully saturated rings. The number of halogens is 2. The second-order valence-corrected chi connectivity index (χ2v) is 4.99. The molecule has 1 heterocycles. The van der Waals surface area contributed by atoms with Gasteiger partial charge in [0.15, 0.2) is 0 Å². The molecule has 0 aromatic heterocycles. The van der Waals surface area contributed by atoms with Crippen molar-refractivity contribution in [3.63, 3.8) is 0 Å². The van der Waals surface area contributed by atoms with Gasteiger partial charge in [-0.05, 0) is 11.6 Å². The maximum Gasteiger partial charge on any atom is 0.234 e. The molecular weight excluding hydrogens is 255 g/mol. The zero-order chi connectivity index (χ0) is 13.0. The molecule has 5 heteroatoms. The molecule has 0 saturated carbocycles. The highest BCUT2D eigenvalue weighted by molar-refractivity contribution is 6.31. The van der Waals surface area contributed by atoms with E-state index in [1.54, 1.807) is 6.07 Å². The first kappa shape index (κ1) is 13.3. The van der Waals surface area contributed by atoms with Crippen LogP contribution in [-0.4, -0.2) is 37.1 Å². The van der Waals surface area contributed by atoms with Crippen molar-refractivity contribution < 1.29 is 9.18 Å². The van der Waals surface area contributed by atoms with Crippen molar-refractivity contribution in [1.82, 2.24) is 10.2 Å². The molecule has 0 radical (unpaired) electrons. The number of nitrogens with one attached hydrogen (secondary N) is 1. The molecule has 1 aromatic carbocycles. The van der Waals surface area contributed by atoms with Gasteiger partial charge in [-0.25, -0.2) is 0 Å². The molecule has 1 saturated heterocycles. The number of benzene rings is 1. The largest absolute Gasteiger partial charge is 0.351 e. The molecule has 0 atom stereocenters. The van der Waals surface area contributed by atoms with Gasteiger partial charge in [-0.15, -0.1) is 0 Å². The normalized spacial score (nSPS) is 16.3. The average Bonchev–Trinajstić information content (AvgIpc) is 2.32. The molecule has 1 amide bonds. The molecule has 1 aliphatic heterocycles. The van der Waals surface area contributed by atoms with Crippen LogP contribution < -0.4 is 5.32 Å². The van der Waals surface area contributed by atoms with E-state index >= 15 is 0 Å². The van der Waals surface area contributed by atoms with Crippen molar-refractivity contribution in [2.24, 2.45) is 5.92 Å². The van der Waals surface area contributed by atoms with Gasteiger partial charge in [-0.1, -0.05) is 29.8 Å². The Morgan fingerprint density at radius 3 is 2.83 bits per heavy atom. The third-order valence-corrected chi connectivity index (χ3v) is 3.42. The fourth-order valence-corrected chi connectivity index (χ4v) is 2.20. The minimum Gasteiger partial charge on any atom is -0.351 e. The highest BCUT2D eigenvalue weighted by Gasteiger charge is 2.27. The first-order valence-corrected chi connectivity index (χ1v) is 6.35. The second-order valence-electron chi connectivity index (χ2n) is 4.58. The fraction of sp³-hybridized carbons (Fsp3) is 0.462. The molecular formula is C13H16ClFN2O. The van der Waals surface area contributed by atoms with Crippen molar-refractivity contribution in [3.05, 3.63) is 34.9 Å². The number of likely N-dealkylation sites (tertiary alicyclic amines) is 1. The number of amides is 1. The summed E-state index contributed by atoms with van der Waals surface area (Å²) in [6, 6.07) is 7.41. The van der Waals surface area contributed by atoms with Crippen LogP contribution in [0.2, 0.25) is 5.02 Å². The summed E-state index contributed by atoms with van der Waals surface area (Å²) in [6.07, 6.45) is 0. The number of carbonyl (C=O) groups excluding carboxylic acids is 1. The van der Waals surface area contributed by atoms with Gasteiger partial charge in [0.2, 0.25) is 5.91 Å². The standard InChI is InChI=1S/C13H16ClFN2O/c14-12-4-2-1-3-11(12)6-16-13(18)9-17-7-10(5-15)8-17/h1-4,10H,5-9H2,(H,16,18). The van der Waals surface area contributed by atoms with Crippen LogP contribution in [0.5, 0.6) is 0 Å². The van der Waals surface area contributed by atoms with Gasteiger partial charge in [0.25, 0.3) is 0 Å². The minimum atomic E-state index is -0.294. The van der Waals surface area contributed by atoms with E-state index in [1.165, 1.54) is 0 Å². The summed E-state index contributed by atoms with van der Waals surface area (Å²) in [4.78, 5) is 13.6. The molecule has 2 rings (SSSR count). The number of carbonyl (C=O) groups is 1. The Morgan fingerprint density at radius 2 is 2.17 bits per heavy atom. The van der Waals surface area contributed by atoms with Gasteiger partial charge < -0.3 is 5.32 Å². The number of rotatable bonds is 5. The third-order valence-electron chi connectivity index (χ3n) is 3.05. The SMILES string of the molecule is O=C(CN1CC(CF)C1)NCc1ccccc1Cl. The van der Waals surface area contributed by atoms with Crippen molar-refractivity contribution >= 4 is 17.5 Å². The van der Waals surface area contributed by atoms with Crippen LogP contribution in [0.15, 0.2) is 24.3 Å². The van der Waals surface area contributed by atoms with Gasteiger partial charge in [-0.3, -0.25) is 14.1 Å². The summed E-state index contributed by atoms with van der Waals surface area (Å²) in [5.41, 5.74) is 0.901. The molecule has 18 heavy (non-hydrogen) atoms. The molecule has 1 N–H and O–H groups in total. The van der Waals surface area contributed by atoms with Gasteiger partial charge in [0.05, 0.1) is 13.2 Å². The minimum absolute atomic E-state index is 0.0489. The highest BCUT2D eigenvalue weighted by atomic mass is 35.5. The Labute approximate surface area is 111 Å². The monoisotopic (exact) mass is 270 g/mol. The smallest absolute Gasteiger partial charge is 0.234 e. The zero-order valence-corrected chi connectivity index (χ0v) is 10.8. The Kier molecular flexibility index (Phi) is 4.55. The maximum atomic E-state index is 12.2. The van der Waals surface area contributed by atoms with Crippen LogP contribution >= 0.6 is 11.6 Å². The van der Waals surface area contributed by atoms with Crippen LogP contribution in [0.3, 0.4) is 0 Å². The predicted molar refractivity (Wildman–Crippen MR) is 69.2 cm³/mol. The second kappa shape index (κ2) is 6.16. The average molecular weight is 271 g/mol. The fourth-order valence-electron chi connectivity index (χ4n) is 2.00. The van der Waals surface area contributed by atoms with Crippen molar-refractivity contribution in [3.8, 4) is 0 Å². The molecule has 0 unspecified atom stereocenters. The van der Waals surface area contributed by atoms with Crippen molar-refractivity contribution in [1.29, 1.82) is 0 Å². The van der Waals surface area contributed by atoms with Gasteiger partial charge in [0.1, 0.15) is 0 Å². The topological polar surface area (TPSA) is 32.3 Å². The van der Waals surface area contributed by atoms with E-state index in [4.69, 9.17) is 11.6 Å². The Balaban J connectivity index is 1.71. The molecule has 0 aliphatic carbocycles. The number of nitrogens with zero attached hydrogens (tertiary/aromatic N) is 1. The van der Waals surface area contributed by atoms with E-state index < -0.39 is 0 Å². The molecule has 0 bridgehead atoms. The number of hydrogen-bond donors (Lipinski definition) is 1. The Morgan fingerprint density at radius 1 is 1.44 bits per heavy atom. The van der Waals surface area contributed by atoms with Crippen LogP contribution in [0, 0.1) is 5.92 Å². The van der Waals surface area contributed by atoms with E-state index in [1.807, 2.05) is 23.1 Å². The lowest BCUT2D eigenvalue weighted by molar-refractivity contribution is -0.124. The first-order chi connectivity index (χ1) is 8.69. The number of hydrogen-bond acceptors (Lipinski definition) is 2. The van der Waals surface area contributed by atoms with E-state index in [0.29, 0.717) is 31.2 Å². The van der Waals surface area contributed by atoms with Crippen molar-refractivity contribution in [2.45, 2.75) is 6.54 Å². The highest BCUT2D eigenvalue weighted by Crippen LogP contribution is 2.16. The molecule has 1 aromatic rings.